The number of rotatable bonds is 2. The van der Waals surface area contributed by atoms with Gasteiger partial charge in [-0.25, -0.2) is 4.79 Å². The van der Waals surface area contributed by atoms with Gasteiger partial charge in [-0.1, -0.05) is 0 Å². The monoisotopic (exact) mass is 231 g/mol. The van der Waals surface area contributed by atoms with Crippen LogP contribution in [0.5, 0.6) is 0 Å². The lowest BCUT2D eigenvalue weighted by molar-refractivity contribution is 0.0600. The Morgan fingerprint density at radius 2 is 2.12 bits per heavy atom. The Morgan fingerprint density at radius 3 is 2.71 bits per heavy atom. The predicted molar refractivity (Wildman–Crippen MR) is 62.5 cm³/mol. The molecule has 0 bridgehead atoms. The number of aromatic nitrogens is 3. The first-order chi connectivity index (χ1) is 8.11. The van der Waals surface area contributed by atoms with Crippen molar-refractivity contribution in [3.63, 3.8) is 0 Å². The van der Waals surface area contributed by atoms with Crippen molar-refractivity contribution < 1.29 is 9.53 Å². The summed E-state index contributed by atoms with van der Waals surface area (Å²) in [5, 5.41) is 4.25. The largest absolute Gasteiger partial charge is 0.465 e. The highest BCUT2D eigenvalue weighted by molar-refractivity contribution is 5.90. The van der Waals surface area contributed by atoms with E-state index in [-0.39, 0.29) is 0 Å². The van der Waals surface area contributed by atoms with Gasteiger partial charge in [0.1, 0.15) is 0 Å². The molecule has 0 fully saturated rings. The average molecular weight is 231 g/mol. The Labute approximate surface area is 99.1 Å². The number of ether oxygens (including phenoxy) is 1. The van der Waals surface area contributed by atoms with Crippen molar-refractivity contribution >= 4 is 5.97 Å². The number of carbonyl (C=O) groups is 1. The summed E-state index contributed by atoms with van der Waals surface area (Å²) in [4.78, 5) is 15.4. The van der Waals surface area contributed by atoms with Crippen LogP contribution in [0.2, 0.25) is 0 Å². The SMILES string of the molecule is COC(=O)c1cncc(-c2cc(C)nn2C)c1. The summed E-state index contributed by atoms with van der Waals surface area (Å²) in [6.45, 7) is 1.92. The van der Waals surface area contributed by atoms with E-state index in [9.17, 15) is 4.79 Å². The summed E-state index contributed by atoms with van der Waals surface area (Å²) < 4.78 is 6.42. The Balaban J connectivity index is 2.46. The van der Waals surface area contributed by atoms with Gasteiger partial charge in [0.25, 0.3) is 0 Å². The highest BCUT2D eigenvalue weighted by Crippen LogP contribution is 2.19. The molecule has 2 aromatic rings. The van der Waals surface area contributed by atoms with E-state index >= 15 is 0 Å². The third-order valence-electron chi connectivity index (χ3n) is 2.46. The lowest BCUT2D eigenvalue weighted by atomic mass is 10.1. The van der Waals surface area contributed by atoms with E-state index in [0.717, 1.165) is 17.0 Å². The molecule has 0 aliphatic carbocycles. The topological polar surface area (TPSA) is 57.0 Å². The maximum absolute atomic E-state index is 11.4. The fraction of sp³-hybridized carbons (Fsp3) is 0.250. The fourth-order valence-corrected chi connectivity index (χ4v) is 1.69. The van der Waals surface area contributed by atoms with Crippen molar-refractivity contribution in [2.24, 2.45) is 7.05 Å². The molecule has 0 saturated carbocycles. The molecule has 2 heterocycles. The number of hydrogen-bond donors (Lipinski definition) is 0. The second kappa shape index (κ2) is 4.37. The van der Waals surface area contributed by atoms with Crippen LogP contribution >= 0.6 is 0 Å². The molecule has 0 saturated heterocycles. The highest BCUT2D eigenvalue weighted by atomic mass is 16.5. The summed E-state index contributed by atoms with van der Waals surface area (Å²) in [5.74, 6) is -0.391. The minimum Gasteiger partial charge on any atom is -0.465 e. The van der Waals surface area contributed by atoms with E-state index in [4.69, 9.17) is 0 Å². The molecule has 2 aromatic heterocycles. The maximum Gasteiger partial charge on any atom is 0.339 e. The molecule has 0 aliphatic heterocycles. The molecule has 2 rings (SSSR count). The van der Waals surface area contributed by atoms with Crippen molar-refractivity contribution in [1.82, 2.24) is 14.8 Å². The lowest BCUT2D eigenvalue weighted by Crippen LogP contribution is -2.02. The summed E-state index contributed by atoms with van der Waals surface area (Å²) >= 11 is 0. The molecule has 0 unspecified atom stereocenters. The Morgan fingerprint density at radius 1 is 1.35 bits per heavy atom. The molecule has 0 atom stereocenters. The van der Waals surface area contributed by atoms with Gasteiger partial charge in [0.15, 0.2) is 0 Å². The summed E-state index contributed by atoms with van der Waals surface area (Å²) in [5.41, 5.74) is 3.12. The maximum atomic E-state index is 11.4. The van der Waals surface area contributed by atoms with Crippen LogP contribution in [0.15, 0.2) is 24.5 Å². The van der Waals surface area contributed by atoms with E-state index in [1.807, 2.05) is 20.0 Å². The fourth-order valence-electron chi connectivity index (χ4n) is 1.69. The average Bonchev–Trinajstić information content (AvgIpc) is 2.67. The van der Waals surface area contributed by atoms with E-state index in [2.05, 4.69) is 14.8 Å². The van der Waals surface area contributed by atoms with E-state index in [1.165, 1.54) is 13.3 Å². The number of nitrogens with zero attached hydrogens (tertiary/aromatic N) is 3. The number of pyridine rings is 1. The minimum absolute atomic E-state index is 0.391. The highest BCUT2D eigenvalue weighted by Gasteiger charge is 2.10. The Kier molecular flexibility index (Phi) is 2.91. The van der Waals surface area contributed by atoms with Gasteiger partial charge in [0.2, 0.25) is 0 Å². The molecule has 5 heteroatoms. The second-order valence-corrected chi connectivity index (χ2v) is 3.75. The van der Waals surface area contributed by atoms with Crippen LogP contribution in [-0.2, 0) is 11.8 Å². The van der Waals surface area contributed by atoms with Crippen LogP contribution in [0.1, 0.15) is 16.1 Å². The Bertz CT molecular complexity index is 561. The minimum atomic E-state index is -0.391. The van der Waals surface area contributed by atoms with Gasteiger partial charge in [-0.15, -0.1) is 0 Å². The first kappa shape index (κ1) is 11.3. The van der Waals surface area contributed by atoms with Crippen molar-refractivity contribution in [1.29, 1.82) is 0 Å². The van der Waals surface area contributed by atoms with Gasteiger partial charge in [0, 0.05) is 25.0 Å². The standard InChI is InChI=1S/C12H13N3O2/c1-8-4-11(15(2)14-8)9-5-10(7-13-6-9)12(16)17-3/h4-7H,1-3H3. The molecule has 0 N–H and O–H groups in total. The molecule has 0 aliphatic rings. The molecule has 0 aromatic carbocycles. The van der Waals surface area contributed by atoms with Gasteiger partial charge in [-0.3, -0.25) is 9.67 Å². The van der Waals surface area contributed by atoms with Crippen LogP contribution in [0.4, 0.5) is 0 Å². The van der Waals surface area contributed by atoms with Crippen LogP contribution in [0.3, 0.4) is 0 Å². The molecular weight excluding hydrogens is 218 g/mol. The van der Waals surface area contributed by atoms with Gasteiger partial charge >= 0.3 is 5.97 Å². The van der Waals surface area contributed by atoms with Crippen molar-refractivity contribution in [3.05, 3.63) is 35.8 Å². The molecule has 5 nitrogen and oxygen atoms in total. The second-order valence-electron chi connectivity index (χ2n) is 3.75. The quantitative estimate of drug-likeness (QED) is 0.736. The van der Waals surface area contributed by atoms with Gasteiger partial charge in [0.05, 0.1) is 24.1 Å². The molecule has 17 heavy (non-hydrogen) atoms. The predicted octanol–water partition coefficient (Wildman–Crippen LogP) is 1.58. The first-order valence-corrected chi connectivity index (χ1v) is 5.16. The number of aryl methyl sites for hydroxylation is 2. The third kappa shape index (κ3) is 2.18. The van der Waals surface area contributed by atoms with E-state index in [1.54, 1.807) is 16.9 Å². The zero-order valence-electron chi connectivity index (χ0n) is 9.97. The van der Waals surface area contributed by atoms with Crippen molar-refractivity contribution in [2.75, 3.05) is 7.11 Å². The number of esters is 1. The molecule has 0 spiro atoms. The van der Waals surface area contributed by atoms with E-state index in [0.29, 0.717) is 5.56 Å². The molecule has 0 amide bonds. The number of carbonyl (C=O) groups excluding carboxylic acids is 1. The van der Waals surface area contributed by atoms with Gasteiger partial charge in [-0.2, -0.15) is 5.10 Å². The van der Waals surface area contributed by atoms with Gasteiger partial charge in [-0.05, 0) is 19.1 Å². The zero-order valence-corrected chi connectivity index (χ0v) is 9.97. The summed E-state index contributed by atoms with van der Waals surface area (Å²) in [7, 11) is 3.20. The lowest BCUT2D eigenvalue weighted by Gasteiger charge is -2.03. The third-order valence-corrected chi connectivity index (χ3v) is 2.46. The number of methoxy groups -OCH3 is 1. The smallest absolute Gasteiger partial charge is 0.339 e. The van der Waals surface area contributed by atoms with Crippen LogP contribution < -0.4 is 0 Å². The normalized spacial score (nSPS) is 10.3. The number of hydrogen-bond acceptors (Lipinski definition) is 4. The van der Waals surface area contributed by atoms with Crippen molar-refractivity contribution in [2.45, 2.75) is 6.92 Å². The van der Waals surface area contributed by atoms with Crippen LogP contribution in [0.25, 0.3) is 11.3 Å². The molecular formula is C12H13N3O2. The molecule has 0 radical (unpaired) electrons. The first-order valence-electron chi connectivity index (χ1n) is 5.16. The molecule has 88 valence electrons. The summed E-state index contributed by atoms with van der Waals surface area (Å²) in [6, 6.07) is 3.69. The van der Waals surface area contributed by atoms with E-state index < -0.39 is 5.97 Å². The van der Waals surface area contributed by atoms with Crippen LogP contribution in [0, 0.1) is 6.92 Å². The summed E-state index contributed by atoms with van der Waals surface area (Å²) in [6.07, 6.45) is 3.18. The van der Waals surface area contributed by atoms with Gasteiger partial charge < -0.3 is 4.74 Å². The van der Waals surface area contributed by atoms with Crippen LogP contribution in [-0.4, -0.2) is 27.8 Å². The van der Waals surface area contributed by atoms with Crippen molar-refractivity contribution in [3.8, 4) is 11.3 Å². The zero-order chi connectivity index (χ0) is 12.4. The Hall–Kier alpha value is -2.17.